The second-order valence-electron chi connectivity index (χ2n) is 2.28. The number of hydrogen-bond acceptors (Lipinski definition) is 1. The molecule has 1 aromatic rings. The Morgan fingerprint density at radius 1 is 1.07 bits per heavy atom. The monoisotopic (exact) mass is 214 g/mol. The second kappa shape index (κ2) is 18.9. The molecule has 0 atom stereocenters. The molecule has 0 unspecified atom stereocenters. The van der Waals surface area contributed by atoms with Gasteiger partial charge in [0.05, 0.1) is 12.0 Å². The Kier molecular flexibility index (Phi) is 24.9. The van der Waals surface area contributed by atoms with Crippen molar-refractivity contribution in [1.29, 1.82) is 0 Å². The molecule has 1 rings (SSSR count). The van der Waals surface area contributed by atoms with Gasteiger partial charge in [0.1, 0.15) is 0 Å². The van der Waals surface area contributed by atoms with Gasteiger partial charge in [-0.25, -0.2) is 4.98 Å². The molecule has 0 bridgehead atoms. The molecule has 0 saturated heterocycles. The van der Waals surface area contributed by atoms with Crippen LogP contribution in [0, 0.1) is 0 Å². The number of rotatable bonds is 2. The van der Waals surface area contributed by atoms with Crippen LogP contribution in [0.15, 0.2) is 12.5 Å². The van der Waals surface area contributed by atoms with E-state index >= 15 is 0 Å². The lowest BCUT2D eigenvalue weighted by molar-refractivity contribution is 0.885. The molecule has 0 fully saturated rings. The third-order valence-corrected chi connectivity index (χ3v) is 1.26. The Morgan fingerprint density at radius 2 is 1.53 bits per heavy atom. The largest absolute Gasteiger partial charge is 0.340 e. The van der Waals surface area contributed by atoms with E-state index in [1.807, 2.05) is 59.5 Å². The van der Waals surface area contributed by atoms with E-state index in [-0.39, 0.29) is 0 Å². The fourth-order valence-electron chi connectivity index (χ4n) is 0.852. The van der Waals surface area contributed by atoms with Gasteiger partial charge in [-0.05, 0) is 6.42 Å². The van der Waals surface area contributed by atoms with Crippen molar-refractivity contribution in [3.8, 4) is 0 Å². The van der Waals surface area contributed by atoms with Crippen molar-refractivity contribution in [2.45, 2.75) is 61.3 Å². The van der Waals surface area contributed by atoms with Gasteiger partial charge in [0, 0.05) is 13.2 Å². The zero-order valence-corrected chi connectivity index (χ0v) is 12.0. The van der Waals surface area contributed by atoms with Gasteiger partial charge in [-0.15, -0.1) is 0 Å². The minimum atomic E-state index is 1.10. The van der Waals surface area contributed by atoms with Crippen molar-refractivity contribution in [1.82, 2.24) is 9.55 Å². The van der Waals surface area contributed by atoms with Crippen molar-refractivity contribution >= 4 is 0 Å². The van der Waals surface area contributed by atoms with Gasteiger partial charge in [0.25, 0.3) is 0 Å². The Hall–Kier alpha value is -0.790. The number of nitrogens with zero attached hydrogens (tertiary/aromatic N) is 2. The highest BCUT2D eigenvalue weighted by Gasteiger charge is 1.91. The zero-order valence-electron chi connectivity index (χ0n) is 12.0. The quantitative estimate of drug-likeness (QED) is 0.711. The Bertz CT molecular complexity index is 180. The smallest absolute Gasteiger partial charge is 0.0946 e. The predicted octanol–water partition coefficient (Wildman–Crippen LogP) is 4.45. The van der Waals surface area contributed by atoms with Crippen molar-refractivity contribution in [3.05, 3.63) is 18.2 Å². The highest BCUT2D eigenvalue weighted by atomic mass is 15.0. The van der Waals surface area contributed by atoms with Crippen molar-refractivity contribution < 1.29 is 0 Å². The normalized spacial score (nSPS) is 7.20. The van der Waals surface area contributed by atoms with E-state index in [1.54, 1.807) is 0 Å². The first-order chi connectivity index (χ1) is 7.33. The molecule has 0 aliphatic rings. The first kappa shape index (κ1) is 19.7. The third kappa shape index (κ3) is 13.2. The molecule has 92 valence electrons. The summed E-state index contributed by atoms with van der Waals surface area (Å²) in [5.74, 6) is 0. The Balaban J connectivity index is -0.000000208. The van der Waals surface area contributed by atoms with Crippen LogP contribution in [-0.2, 0) is 13.5 Å². The van der Waals surface area contributed by atoms with Crippen LogP contribution in [0.4, 0.5) is 0 Å². The molecule has 0 saturated carbocycles. The molecule has 15 heavy (non-hydrogen) atoms. The maximum atomic E-state index is 4.17. The second-order valence-corrected chi connectivity index (χ2v) is 2.28. The molecule has 2 heteroatoms. The minimum absolute atomic E-state index is 1.10. The summed E-state index contributed by atoms with van der Waals surface area (Å²) in [5, 5.41) is 0. The topological polar surface area (TPSA) is 17.8 Å². The summed E-state index contributed by atoms with van der Waals surface area (Å²) >= 11 is 0. The first-order valence-electron chi connectivity index (χ1n) is 6.29. The van der Waals surface area contributed by atoms with Gasteiger partial charge in [0.2, 0.25) is 0 Å². The highest BCUT2D eigenvalue weighted by Crippen LogP contribution is 1.96. The van der Waals surface area contributed by atoms with E-state index in [9.17, 15) is 0 Å². The van der Waals surface area contributed by atoms with E-state index in [0.29, 0.717) is 0 Å². The van der Waals surface area contributed by atoms with Gasteiger partial charge in [-0.1, -0.05) is 54.9 Å². The summed E-state index contributed by atoms with van der Waals surface area (Å²) in [7, 11) is 1.99. The van der Waals surface area contributed by atoms with E-state index in [0.717, 1.165) is 6.42 Å². The van der Waals surface area contributed by atoms with Crippen LogP contribution < -0.4 is 0 Å². The van der Waals surface area contributed by atoms with E-state index < -0.39 is 0 Å². The van der Waals surface area contributed by atoms with E-state index in [1.165, 1.54) is 12.1 Å². The van der Waals surface area contributed by atoms with Crippen LogP contribution in [0.3, 0.4) is 0 Å². The third-order valence-electron chi connectivity index (χ3n) is 1.26. The Labute approximate surface area is 96.7 Å². The molecule has 0 N–H and O–H groups in total. The molecular formula is C13H30N2. The molecule has 2 nitrogen and oxygen atoms in total. The molecule has 1 aromatic heterocycles. The lowest BCUT2D eigenvalue weighted by Crippen LogP contribution is -1.81. The number of imidazole rings is 1. The summed E-state index contributed by atoms with van der Waals surface area (Å²) in [4.78, 5) is 4.17. The molecule has 0 aliphatic heterocycles. The van der Waals surface area contributed by atoms with E-state index in [4.69, 9.17) is 0 Å². The SMILES string of the molecule is CC.CC.CC.CCCc1cn(C)cn1. The summed E-state index contributed by atoms with van der Waals surface area (Å²) in [6, 6.07) is 0. The summed E-state index contributed by atoms with van der Waals surface area (Å²) in [6.45, 7) is 14.2. The number of aromatic nitrogens is 2. The fourth-order valence-corrected chi connectivity index (χ4v) is 0.852. The van der Waals surface area contributed by atoms with E-state index in [2.05, 4.69) is 18.1 Å². The lowest BCUT2D eigenvalue weighted by atomic mass is 10.3. The van der Waals surface area contributed by atoms with Gasteiger partial charge >= 0.3 is 0 Å². The van der Waals surface area contributed by atoms with Gasteiger partial charge in [-0.2, -0.15) is 0 Å². The molecule has 0 aliphatic carbocycles. The maximum absolute atomic E-state index is 4.17. The van der Waals surface area contributed by atoms with Gasteiger partial charge in [0.15, 0.2) is 0 Å². The van der Waals surface area contributed by atoms with Crippen molar-refractivity contribution in [2.75, 3.05) is 0 Å². The zero-order chi connectivity index (χ0) is 12.7. The fraction of sp³-hybridized carbons (Fsp3) is 0.769. The van der Waals surface area contributed by atoms with Crippen LogP contribution in [0.2, 0.25) is 0 Å². The van der Waals surface area contributed by atoms with Gasteiger partial charge < -0.3 is 4.57 Å². The Morgan fingerprint density at radius 3 is 1.80 bits per heavy atom. The van der Waals surface area contributed by atoms with Gasteiger partial charge in [-0.3, -0.25) is 0 Å². The maximum Gasteiger partial charge on any atom is 0.0946 e. The minimum Gasteiger partial charge on any atom is -0.340 e. The summed E-state index contributed by atoms with van der Waals surface area (Å²) in [6.07, 6.45) is 6.17. The first-order valence-corrected chi connectivity index (χ1v) is 6.29. The lowest BCUT2D eigenvalue weighted by Gasteiger charge is -1.86. The molecule has 0 spiro atoms. The van der Waals surface area contributed by atoms with Crippen LogP contribution in [0.5, 0.6) is 0 Å². The summed E-state index contributed by atoms with van der Waals surface area (Å²) in [5.41, 5.74) is 1.19. The standard InChI is InChI=1S/C7H12N2.3C2H6/c1-3-4-7-5-9(2)6-8-7;3*1-2/h5-6H,3-4H2,1-2H3;3*1-2H3. The number of aryl methyl sites for hydroxylation is 2. The average molecular weight is 214 g/mol. The molecule has 0 amide bonds. The molecule has 1 heterocycles. The summed E-state index contributed by atoms with van der Waals surface area (Å²) < 4.78 is 1.98. The van der Waals surface area contributed by atoms with Crippen LogP contribution in [-0.4, -0.2) is 9.55 Å². The highest BCUT2D eigenvalue weighted by molar-refractivity contribution is 4.95. The van der Waals surface area contributed by atoms with Crippen molar-refractivity contribution in [3.63, 3.8) is 0 Å². The number of hydrogen-bond donors (Lipinski definition) is 0. The predicted molar refractivity (Wildman–Crippen MR) is 71.2 cm³/mol. The van der Waals surface area contributed by atoms with Crippen LogP contribution in [0.1, 0.15) is 60.6 Å². The van der Waals surface area contributed by atoms with Crippen LogP contribution >= 0.6 is 0 Å². The van der Waals surface area contributed by atoms with Crippen LogP contribution in [0.25, 0.3) is 0 Å². The molecule has 0 aromatic carbocycles. The molecular weight excluding hydrogens is 184 g/mol. The average Bonchev–Trinajstić information content (AvgIpc) is 2.73. The molecule has 0 radical (unpaired) electrons. The van der Waals surface area contributed by atoms with Crippen molar-refractivity contribution in [2.24, 2.45) is 7.05 Å².